The highest BCUT2D eigenvalue weighted by molar-refractivity contribution is 7.98. The van der Waals surface area contributed by atoms with Gasteiger partial charge in [-0.15, -0.1) is 0 Å². The van der Waals surface area contributed by atoms with Gasteiger partial charge in [0.2, 0.25) is 5.88 Å². The molecule has 0 amide bonds. The highest BCUT2D eigenvalue weighted by atomic mass is 32.2. The van der Waals surface area contributed by atoms with Crippen molar-refractivity contribution < 1.29 is 9.66 Å². The molecule has 1 aromatic heterocycles. The number of hydrogen-bond acceptors (Lipinski definition) is 6. The zero-order valence-electron chi connectivity index (χ0n) is 15.1. The number of benzene rings is 2. The van der Waals surface area contributed by atoms with Crippen LogP contribution < -0.4 is 4.74 Å². The van der Waals surface area contributed by atoms with Crippen molar-refractivity contribution >= 4 is 17.4 Å². The number of ether oxygens (including phenoxy) is 1. The van der Waals surface area contributed by atoms with Crippen molar-refractivity contribution in [3.8, 4) is 11.6 Å². The molecule has 0 N–H and O–H groups in total. The minimum absolute atomic E-state index is 0.0838. The predicted octanol–water partition coefficient (Wildman–Crippen LogP) is 5.34. The van der Waals surface area contributed by atoms with Crippen LogP contribution in [-0.4, -0.2) is 14.9 Å². The molecule has 0 saturated heterocycles. The van der Waals surface area contributed by atoms with E-state index in [9.17, 15) is 10.1 Å². The molecule has 0 unspecified atom stereocenters. The van der Waals surface area contributed by atoms with Gasteiger partial charge in [-0.25, -0.2) is 4.98 Å². The van der Waals surface area contributed by atoms with Gasteiger partial charge in [0.25, 0.3) is 5.69 Å². The minimum Gasteiger partial charge on any atom is -0.439 e. The van der Waals surface area contributed by atoms with Crippen LogP contribution in [0.3, 0.4) is 0 Å². The average Bonchev–Trinajstić information content (AvgIpc) is 2.66. The number of nitro benzene ring substituents is 1. The molecule has 0 radical (unpaired) electrons. The maximum absolute atomic E-state index is 10.7. The fourth-order valence-corrected chi connectivity index (χ4v) is 3.29. The Morgan fingerprint density at radius 1 is 1.07 bits per heavy atom. The molecule has 3 rings (SSSR count). The maximum Gasteiger partial charge on any atom is 0.269 e. The molecule has 0 fully saturated rings. The number of nitro groups is 1. The summed E-state index contributed by atoms with van der Waals surface area (Å²) in [6.45, 7) is 3.99. The Morgan fingerprint density at radius 2 is 1.85 bits per heavy atom. The molecule has 0 aliphatic carbocycles. The van der Waals surface area contributed by atoms with Gasteiger partial charge >= 0.3 is 0 Å². The Hall–Kier alpha value is -2.93. The second-order valence-corrected chi connectivity index (χ2v) is 6.89. The lowest BCUT2D eigenvalue weighted by Crippen LogP contribution is -1.96. The molecule has 0 aliphatic heterocycles. The van der Waals surface area contributed by atoms with Crippen molar-refractivity contribution in [2.75, 3.05) is 0 Å². The molecule has 7 heteroatoms. The molecule has 0 bridgehead atoms. The fraction of sp³-hybridized carbons (Fsp3) is 0.200. The summed E-state index contributed by atoms with van der Waals surface area (Å²) in [5.41, 5.74) is 3.07. The zero-order valence-corrected chi connectivity index (χ0v) is 15.9. The summed E-state index contributed by atoms with van der Waals surface area (Å²) in [5.74, 6) is 1.87. The van der Waals surface area contributed by atoms with Crippen LogP contribution in [0.15, 0.2) is 59.8 Å². The third-order valence-electron chi connectivity index (χ3n) is 3.85. The summed E-state index contributed by atoms with van der Waals surface area (Å²) >= 11 is 1.46. The third kappa shape index (κ3) is 5.27. The van der Waals surface area contributed by atoms with Crippen LogP contribution in [0.2, 0.25) is 0 Å². The monoisotopic (exact) mass is 381 g/mol. The average molecular weight is 381 g/mol. The van der Waals surface area contributed by atoms with E-state index in [-0.39, 0.29) is 5.69 Å². The number of aromatic nitrogens is 2. The molecule has 27 heavy (non-hydrogen) atoms. The van der Waals surface area contributed by atoms with Gasteiger partial charge in [-0.1, -0.05) is 43.0 Å². The lowest BCUT2D eigenvalue weighted by Gasteiger charge is -2.08. The van der Waals surface area contributed by atoms with Gasteiger partial charge in [-0.3, -0.25) is 10.1 Å². The third-order valence-corrected chi connectivity index (χ3v) is 4.77. The Labute approximate surface area is 161 Å². The predicted molar refractivity (Wildman–Crippen MR) is 105 cm³/mol. The van der Waals surface area contributed by atoms with Crippen LogP contribution >= 0.6 is 11.8 Å². The van der Waals surface area contributed by atoms with E-state index in [0.717, 1.165) is 23.4 Å². The second kappa shape index (κ2) is 8.64. The first kappa shape index (κ1) is 18.8. The van der Waals surface area contributed by atoms with Gasteiger partial charge in [-0.2, -0.15) is 4.98 Å². The number of non-ortho nitro benzene ring substituents is 1. The van der Waals surface area contributed by atoms with E-state index in [1.54, 1.807) is 18.2 Å². The van der Waals surface area contributed by atoms with E-state index in [0.29, 0.717) is 16.8 Å². The van der Waals surface area contributed by atoms with Crippen molar-refractivity contribution in [1.29, 1.82) is 0 Å². The second-order valence-electron chi connectivity index (χ2n) is 5.95. The van der Waals surface area contributed by atoms with Crippen LogP contribution in [0.5, 0.6) is 11.6 Å². The van der Waals surface area contributed by atoms with Gasteiger partial charge in [0, 0.05) is 29.6 Å². The minimum atomic E-state index is -0.405. The molecule has 0 saturated carbocycles. The largest absolute Gasteiger partial charge is 0.439 e. The summed E-state index contributed by atoms with van der Waals surface area (Å²) in [6, 6.07) is 16.2. The molecule has 6 nitrogen and oxygen atoms in total. The Balaban J connectivity index is 1.70. The van der Waals surface area contributed by atoms with E-state index in [1.807, 2.05) is 25.1 Å². The molecule has 138 valence electrons. The summed E-state index contributed by atoms with van der Waals surface area (Å²) in [4.78, 5) is 19.2. The molecule has 1 heterocycles. The standard InChI is InChI=1S/C20H19N3O3S/c1-3-15-5-4-6-18(12-15)26-19-11-14(2)21-20(22-19)27-13-16-7-9-17(10-8-16)23(24)25/h4-12H,3,13H2,1-2H3. The van der Waals surface area contributed by atoms with Crippen molar-refractivity contribution in [2.45, 2.75) is 31.2 Å². The molecule has 0 spiro atoms. The zero-order chi connectivity index (χ0) is 19.2. The van der Waals surface area contributed by atoms with E-state index in [1.165, 1.54) is 29.5 Å². The molecule has 0 aliphatic rings. The number of aryl methyl sites for hydroxylation is 2. The Morgan fingerprint density at radius 3 is 2.56 bits per heavy atom. The quantitative estimate of drug-likeness (QED) is 0.238. The Kier molecular flexibility index (Phi) is 6.03. The van der Waals surface area contributed by atoms with E-state index in [4.69, 9.17) is 4.74 Å². The van der Waals surface area contributed by atoms with E-state index < -0.39 is 4.92 Å². The summed E-state index contributed by atoms with van der Waals surface area (Å²) < 4.78 is 5.90. The number of hydrogen-bond donors (Lipinski definition) is 0. The van der Waals surface area contributed by atoms with Crippen molar-refractivity contribution in [3.63, 3.8) is 0 Å². The normalized spacial score (nSPS) is 10.6. The fourth-order valence-electron chi connectivity index (χ4n) is 2.44. The number of nitrogens with zero attached hydrogens (tertiary/aromatic N) is 3. The summed E-state index contributed by atoms with van der Waals surface area (Å²) in [7, 11) is 0. The van der Waals surface area contributed by atoms with Crippen molar-refractivity contribution in [2.24, 2.45) is 0 Å². The highest BCUT2D eigenvalue weighted by Gasteiger charge is 2.08. The molecule has 0 atom stereocenters. The number of rotatable bonds is 7. The van der Waals surface area contributed by atoms with Crippen molar-refractivity contribution in [3.05, 3.63) is 81.5 Å². The van der Waals surface area contributed by atoms with Crippen LogP contribution in [0, 0.1) is 17.0 Å². The SMILES string of the molecule is CCc1cccc(Oc2cc(C)nc(SCc3ccc([N+](=O)[O-])cc3)n2)c1. The lowest BCUT2D eigenvalue weighted by atomic mass is 10.2. The van der Waals surface area contributed by atoms with Gasteiger partial charge in [0.1, 0.15) is 5.75 Å². The van der Waals surface area contributed by atoms with Crippen LogP contribution in [0.4, 0.5) is 5.69 Å². The highest BCUT2D eigenvalue weighted by Crippen LogP contribution is 2.26. The lowest BCUT2D eigenvalue weighted by molar-refractivity contribution is -0.384. The maximum atomic E-state index is 10.7. The van der Waals surface area contributed by atoms with Crippen LogP contribution in [-0.2, 0) is 12.2 Å². The van der Waals surface area contributed by atoms with Gasteiger partial charge in [0.15, 0.2) is 5.16 Å². The number of thioether (sulfide) groups is 1. The van der Waals surface area contributed by atoms with E-state index >= 15 is 0 Å². The smallest absolute Gasteiger partial charge is 0.269 e. The van der Waals surface area contributed by atoms with E-state index in [2.05, 4.69) is 23.0 Å². The Bertz CT molecular complexity index is 945. The molecular formula is C20H19N3O3S. The molecule has 2 aromatic carbocycles. The first-order valence-electron chi connectivity index (χ1n) is 8.52. The van der Waals surface area contributed by atoms with Gasteiger partial charge < -0.3 is 4.74 Å². The van der Waals surface area contributed by atoms with Crippen LogP contribution in [0.25, 0.3) is 0 Å². The topological polar surface area (TPSA) is 78.2 Å². The molecular weight excluding hydrogens is 362 g/mol. The summed E-state index contributed by atoms with van der Waals surface area (Å²) in [5, 5.41) is 11.3. The van der Waals surface area contributed by atoms with Crippen molar-refractivity contribution in [1.82, 2.24) is 9.97 Å². The first-order valence-corrected chi connectivity index (χ1v) is 9.50. The first-order chi connectivity index (χ1) is 13.0. The summed E-state index contributed by atoms with van der Waals surface area (Å²) in [6.07, 6.45) is 0.941. The van der Waals surface area contributed by atoms with Crippen LogP contribution in [0.1, 0.15) is 23.7 Å². The molecule has 3 aromatic rings. The van der Waals surface area contributed by atoms with Gasteiger partial charge in [-0.05, 0) is 36.6 Å². The van der Waals surface area contributed by atoms with Gasteiger partial charge in [0.05, 0.1) is 4.92 Å².